The fourth-order valence-electron chi connectivity index (χ4n) is 15.5. The second kappa shape index (κ2) is 25.2. The zero-order valence-electron chi connectivity index (χ0n) is 57.2. The maximum atomic E-state index is 10.1. The van der Waals surface area contributed by atoms with Gasteiger partial charge in [-0.15, -0.1) is 0 Å². The van der Waals surface area contributed by atoms with Crippen LogP contribution in [0.15, 0.2) is 336 Å². The molecule has 0 fully saturated rings. The zero-order valence-corrected chi connectivity index (χ0v) is 57.2. The van der Waals surface area contributed by atoms with Crippen molar-refractivity contribution in [2.45, 2.75) is 19.3 Å². The van der Waals surface area contributed by atoms with Crippen molar-refractivity contribution in [1.29, 1.82) is 10.5 Å². The maximum absolute atomic E-state index is 10.1. The van der Waals surface area contributed by atoms with E-state index in [-0.39, 0.29) is 0 Å². The zero-order chi connectivity index (χ0) is 70.3. The third-order valence-electron chi connectivity index (χ3n) is 20.9. The molecule has 4 aromatic heterocycles. The highest BCUT2D eigenvalue weighted by atomic mass is 16.3. The van der Waals surface area contributed by atoms with Crippen LogP contribution in [0.3, 0.4) is 0 Å². The number of para-hydroxylation sites is 2. The number of fused-ring (bicyclic) bond motifs is 9. The summed E-state index contributed by atoms with van der Waals surface area (Å²) < 4.78 is 14.1. The minimum Gasteiger partial charge on any atom is -0.455 e. The van der Waals surface area contributed by atoms with Crippen LogP contribution < -0.4 is 0 Å². The first kappa shape index (κ1) is 61.9. The predicted octanol–water partition coefficient (Wildman–Crippen LogP) is 25.1. The predicted molar refractivity (Wildman–Crippen MR) is 424 cm³/mol. The summed E-state index contributed by atoms with van der Waals surface area (Å²) in [7, 11) is 0. The van der Waals surface area contributed by atoms with Gasteiger partial charge in [-0.05, 0) is 151 Å². The molecule has 0 N–H and O–H groups in total. The molecule has 0 atom stereocenters. The molecule has 0 radical (unpaired) electrons. The summed E-state index contributed by atoms with van der Waals surface area (Å²) in [5.41, 5.74) is 29.6. The van der Waals surface area contributed by atoms with Crippen molar-refractivity contribution < 1.29 is 8.83 Å². The molecular weight excluding hydrogens is 1280 g/mol. The van der Waals surface area contributed by atoms with E-state index in [0.717, 1.165) is 183 Å². The molecule has 0 amide bonds. The van der Waals surface area contributed by atoms with Gasteiger partial charge in [0.15, 0.2) is 11.6 Å². The fraction of sp³-hybridized carbons (Fsp3) is 0.0309. The first-order valence-corrected chi connectivity index (χ1v) is 35.2. The van der Waals surface area contributed by atoms with Gasteiger partial charge < -0.3 is 8.83 Å². The second-order valence-electron chi connectivity index (χ2n) is 27.4. The lowest BCUT2D eigenvalue weighted by Crippen LogP contribution is -2.15. The van der Waals surface area contributed by atoms with Crippen LogP contribution in [-0.2, 0) is 5.41 Å². The minimum absolute atomic E-state index is 0.405. The first-order chi connectivity index (χ1) is 51.7. The average Bonchev–Trinajstić information content (AvgIpc) is 1.63. The summed E-state index contributed by atoms with van der Waals surface area (Å²) >= 11 is 0. The third-order valence-corrected chi connectivity index (χ3v) is 20.9. The van der Waals surface area contributed by atoms with Crippen LogP contribution in [-0.4, -0.2) is 19.9 Å². The van der Waals surface area contributed by atoms with Gasteiger partial charge in [0.25, 0.3) is 0 Å². The van der Waals surface area contributed by atoms with Crippen LogP contribution >= 0.6 is 0 Å². The molecule has 1 aliphatic carbocycles. The van der Waals surface area contributed by atoms with Crippen molar-refractivity contribution in [1.82, 2.24) is 19.9 Å². The van der Waals surface area contributed by atoms with Gasteiger partial charge >= 0.3 is 0 Å². The number of nitrogens with zero attached hydrogens (tertiary/aromatic N) is 6. The largest absolute Gasteiger partial charge is 0.455 e. The van der Waals surface area contributed by atoms with Crippen molar-refractivity contribution in [3.63, 3.8) is 0 Å². The minimum atomic E-state index is -0.405. The Hall–Kier alpha value is -14.2. The molecule has 0 saturated carbocycles. The van der Waals surface area contributed by atoms with Gasteiger partial charge in [-0.3, -0.25) is 0 Å². The fourth-order valence-corrected chi connectivity index (χ4v) is 15.5. The van der Waals surface area contributed by atoms with Crippen LogP contribution in [0.4, 0.5) is 0 Å². The standard InChI is InChI=1S/C97H60N6O2/c1-97(2)82-51-60(58-99)31-47-75(82)76-48-46-72(53-83(76)97)80-54-81(92-79-26-13-15-28-89(79)105-94(92)91(80)69-44-40-66(41-45-69)86-55-84(64-17-6-3-7-18-64)100-95(101-86)70-21-10-5-11-22-70)71-23-16-24-73(52-71)96-102-85(65-19-8-4-9-20-65)56-87(103-96)67-38-42-68(43-39-67)90-74(49-50-78-77-25-12-14-27-88(77)104-93(78)90)63-36-34-62(35-37-63)61-32-29-59(57-98)30-33-61/h3-56H,1-2H3. The normalized spacial score (nSPS) is 12.2. The molecule has 0 bridgehead atoms. The van der Waals surface area contributed by atoms with Gasteiger partial charge in [-0.2, -0.15) is 10.5 Å². The summed E-state index contributed by atoms with van der Waals surface area (Å²) in [5, 5.41) is 23.7. The SMILES string of the molecule is CC1(C)c2cc(C#N)ccc2-c2ccc(-c3cc(-c4cccc(-c5nc(-c6ccccc6)cc(-c6ccc(-c7c(-c8ccc(-c9ccc(C#N)cc9)cc8)ccc8c7oc7ccccc78)cc6)n5)c4)c4c(oc5ccccc54)c3-c3ccc(-c4cc(-c5ccccc5)nc(-c5ccccc5)n4)cc3)cc21. The molecular formula is C97H60N6O2. The van der Waals surface area contributed by atoms with Crippen molar-refractivity contribution >= 4 is 43.9 Å². The Kier molecular flexibility index (Phi) is 14.8. The van der Waals surface area contributed by atoms with E-state index >= 15 is 0 Å². The molecule has 0 unspecified atom stereocenters. The number of benzene rings is 14. The molecule has 0 saturated heterocycles. The van der Waals surface area contributed by atoms with E-state index in [0.29, 0.717) is 22.8 Å². The molecule has 0 spiro atoms. The molecule has 490 valence electrons. The van der Waals surface area contributed by atoms with Crippen LogP contribution in [0.5, 0.6) is 0 Å². The van der Waals surface area contributed by atoms with E-state index in [1.165, 1.54) is 5.56 Å². The van der Waals surface area contributed by atoms with Gasteiger partial charge in [0, 0.05) is 71.5 Å². The van der Waals surface area contributed by atoms with Gasteiger partial charge in [0.2, 0.25) is 0 Å². The van der Waals surface area contributed by atoms with E-state index in [2.05, 4.69) is 250 Å². The van der Waals surface area contributed by atoms with E-state index in [4.69, 9.17) is 28.8 Å². The molecule has 8 nitrogen and oxygen atoms in total. The highest BCUT2D eigenvalue weighted by Crippen LogP contribution is 2.53. The Morgan fingerprint density at radius 3 is 1.28 bits per heavy atom. The van der Waals surface area contributed by atoms with Crippen LogP contribution in [0, 0.1) is 22.7 Å². The highest BCUT2D eigenvalue weighted by Gasteiger charge is 2.37. The maximum Gasteiger partial charge on any atom is 0.160 e. The quantitative estimate of drug-likeness (QED) is 0.118. The van der Waals surface area contributed by atoms with Gasteiger partial charge in [-0.1, -0.05) is 269 Å². The molecule has 0 aliphatic heterocycles. The van der Waals surface area contributed by atoms with Crippen LogP contribution in [0.2, 0.25) is 0 Å². The molecule has 8 heteroatoms. The van der Waals surface area contributed by atoms with Gasteiger partial charge in [-0.25, -0.2) is 19.9 Å². The smallest absolute Gasteiger partial charge is 0.160 e. The van der Waals surface area contributed by atoms with Gasteiger partial charge in [0.05, 0.1) is 46.0 Å². The summed E-state index contributed by atoms with van der Waals surface area (Å²) in [6.45, 7) is 4.53. The highest BCUT2D eigenvalue weighted by molar-refractivity contribution is 6.19. The van der Waals surface area contributed by atoms with Crippen molar-refractivity contribution in [3.05, 3.63) is 350 Å². The molecule has 19 rings (SSSR count). The Morgan fingerprint density at radius 1 is 0.267 bits per heavy atom. The number of hydrogen-bond acceptors (Lipinski definition) is 8. The number of aromatic nitrogens is 4. The number of hydrogen-bond donors (Lipinski definition) is 0. The van der Waals surface area contributed by atoms with Gasteiger partial charge in [0.1, 0.15) is 22.3 Å². The molecule has 14 aromatic carbocycles. The average molecular weight is 1340 g/mol. The lowest BCUT2D eigenvalue weighted by Gasteiger charge is -2.23. The van der Waals surface area contributed by atoms with E-state index < -0.39 is 5.41 Å². The van der Waals surface area contributed by atoms with Crippen molar-refractivity contribution in [2.75, 3.05) is 0 Å². The number of furan rings is 2. The van der Waals surface area contributed by atoms with Crippen molar-refractivity contribution in [2.24, 2.45) is 0 Å². The summed E-state index contributed by atoms with van der Waals surface area (Å²) in [5.74, 6) is 1.23. The molecule has 1 aliphatic rings. The first-order valence-electron chi connectivity index (χ1n) is 35.2. The molecule has 18 aromatic rings. The third kappa shape index (κ3) is 10.8. The lowest BCUT2D eigenvalue weighted by molar-refractivity contribution is 0.660. The second-order valence-corrected chi connectivity index (χ2v) is 27.4. The lowest BCUT2D eigenvalue weighted by atomic mass is 9.80. The molecule has 105 heavy (non-hydrogen) atoms. The summed E-state index contributed by atoms with van der Waals surface area (Å²) in [6.07, 6.45) is 0. The van der Waals surface area contributed by atoms with E-state index in [9.17, 15) is 10.5 Å². The van der Waals surface area contributed by atoms with Crippen molar-refractivity contribution in [3.8, 4) is 158 Å². The van der Waals surface area contributed by atoms with E-state index in [1.54, 1.807) is 0 Å². The monoisotopic (exact) mass is 1340 g/mol. The number of nitriles is 2. The Labute approximate surface area is 606 Å². The van der Waals surface area contributed by atoms with Crippen LogP contribution in [0.1, 0.15) is 36.1 Å². The summed E-state index contributed by atoms with van der Waals surface area (Å²) in [6, 6.07) is 118. The Balaban J connectivity index is 0.754. The summed E-state index contributed by atoms with van der Waals surface area (Å²) in [4.78, 5) is 21.2. The van der Waals surface area contributed by atoms with E-state index in [1.807, 2.05) is 103 Å². The number of rotatable bonds is 12. The topological polar surface area (TPSA) is 125 Å². The molecule has 4 heterocycles. The Morgan fingerprint density at radius 2 is 0.676 bits per heavy atom. The van der Waals surface area contributed by atoms with Crippen LogP contribution in [0.25, 0.3) is 190 Å². The Bertz CT molecular complexity index is 6530.